The Morgan fingerprint density at radius 2 is 2.05 bits per heavy atom. The molecule has 1 heterocycles. The third-order valence-corrected chi connectivity index (χ3v) is 3.69. The van der Waals surface area contributed by atoms with Crippen LogP contribution in [0, 0.1) is 10.1 Å². The molecule has 0 saturated heterocycles. The average molecular weight is 292 g/mol. The first-order chi connectivity index (χ1) is 9.49. The Morgan fingerprint density at radius 1 is 1.35 bits per heavy atom. The largest absolute Gasteiger partial charge is 0.389 e. The Morgan fingerprint density at radius 3 is 2.65 bits per heavy atom. The van der Waals surface area contributed by atoms with Crippen molar-refractivity contribution in [1.29, 1.82) is 0 Å². The van der Waals surface area contributed by atoms with Crippen LogP contribution in [0.25, 0.3) is 0 Å². The highest BCUT2D eigenvalue weighted by molar-refractivity contribution is 7.17. The zero-order chi connectivity index (χ0) is 14.7. The fourth-order valence-electron chi connectivity index (χ4n) is 1.71. The summed E-state index contributed by atoms with van der Waals surface area (Å²) >= 11 is 0.809. The lowest BCUT2D eigenvalue weighted by molar-refractivity contribution is -0.380. The van der Waals surface area contributed by atoms with E-state index in [1.54, 1.807) is 31.2 Å². The number of nitrogens with one attached hydrogen (secondary N) is 1. The number of hydrogen-bond acceptors (Lipinski definition) is 5. The summed E-state index contributed by atoms with van der Waals surface area (Å²) in [6.07, 6.45) is -0.718. The average Bonchev–Trinajstić information content (AvgIpc) is 2.89. The van der Waals surface area contributed by atoms with Gasteiger partial charge in [-0.1, -0.05) is 29.5 Å². The summed E-state index contributed by atoms with van der Waals surface area (Å²) in [5, 5.41) is 22.8. The molecule has 2 rings (SSSR count). The lowest BCUT2D eigenvalue weighted by atomic mass is 10.1. The van der Waals surface area contributed by atoms with Crippen molar-refractivity contribution < 1.29 is 14.8 Å². The number of rotatable bonds is 4. The molecule has 1 aromatic carbocycles. The van der Waals surface area contributed by atoms with Crippen molar-refractivity contribution in [1.82, 2.24) is 0 Å². The molecule has 0 fully saturated rings. The van der Waals surface area contributed by atoms with Gasteiger partial charge in [0, 0.05) is 17.3 Å². The number of anilines is 1. The van der Waals surface area contributed by atoms with Gasteiger partial charge in [-0.05, 0) is 19.1 Å². The number of hydrogen-bond donors (Lipinski definition) is 2. The summed E-state index contributed by atoms with van der Waals surface area (Å²) in [4.78, 5) is 22.3. The Balaban J connectivity index is 2.21. The third kappa shape index (κ3) is 3.01. The molecule has 1 unspecified atom stereocenters. The van der Waals surface area contributed by atoms with Crippen LogP contribution in [0.2, 0.25) is 0 Å². The van der Waals surface area contributed by atoms with Crippen LogP contribution in [0.15, 0.2) is 36.4 Å². The van der Waals surface area contributed by atoms with Crippen molar-refractivity contribution in [2.75, 3.05) is 5.32 Å². The van der Waals surface area contributed by atoms with Crippen LogP contribution >= 0.6 is 11.3 Å². The monoisotopic (exact) mass is 292 g/mol. The van der Waals surface area contributed by atoms with Gasteiger partial charge in [0.15, 0.2) is 0 Å². The second-order valence-electron chi connectivity index (χ2n) is 4.11. The quantitative estimate of drug-likeness (QED) is 0.669. The second-order valence-corrected chi connectivity index (χ2v) is 5.17. The first kappa shape index (κ1) is 14.2. The summed E-state index contributed by atoms with van der Waals surface area (Å²) in [5.74, 6) is -0.434. The van der Waals surface area contributed by atoms with Gasteiger partial charge in [-0.25, -0.2) is 0 Å². The Bertz CT molecular complexity index is 651. The van der Waals surface area contributed by atoms with Crippen LogP contribution in [0.4, 0.5) is 10.7 Å². The minimum atomic E-state index is -0.718. The number of benzene rings is 1. The number of aliphatic hydroxyl groups is 1. The highest BCUT2D eigenvalue weighted by Crippen LogP contribution is 2.26. The second kappa shape index (κ2) is 5.81. The van der Waals surface area contributed by atoms with E-state index in [4.69, 9.17) is 0 Å². The van der Waals surface area contributed by atoms with Gasteiger partial charge in [-0.2, -0.15) is 0 Å². The molecule has 0 aliphatic rings. The van der Waals surface area contributed by atoms with Gasteiger partial charge in [0.05, 0.1) is 15.9 Å². The molecule has 0 radical (unpaired) electrons. The number of carbonyl (C=O) groups excluding carboxylic acids is 1. The summed E-state index contributed by atoms with van der Waals surface area (Å²) in [6, 6.07) is 9.56. The van der Waals surface area contributed by atoms with E-state index in [-0.39, 0.29) is 9.88 Å². The normalized spacial score (nSPS) is 11.9. The van der Waals surface area contributed by atoms with Crippen molar-refractivity contribution in [2.45, 2.75) is 13.0 Å². The molecule has 20 heavy (non-hydrogen) atoms. The number of thiophene rings is 1. The number of para-hydroxylation sites is 1. The third-order valence-electron chi connectivity index (χ3n) is 2.65. The molecule has 7 heteroatoms. The number of nitro groups is 1. The number of aliphatic hydroxyl groups excluding tert-OH is 1. The number of nitrogens with zero attached hydrogens (tertiary/aromatic N) is 1. The van der Waals surface area contributed by atoms with E-state index < -0.39 is 16.9 Å². The predicted molar refractivity (Wildman–Crippen MR) is 76.0 cm³/mol. The maximum atomic E-state index is 12.0. The fraction of sp³-hybridized carbons (Fsp3) is 0.154. The highest BCUT2D eigenvalue weighted by Gasteiger charge is 2.17. The molecule has 0 saturated carbocycles. The van der Waals surface area contributed by atoms with Crippen LogP contribution in [0.3, 0.4) is 0 Å². The van der Waals surface area contributed by atoms with E-state index in [9.17, 15) is 20.0 Å². The van der Waals surface area contributed by atoms with Crippen LogP contribution in [-0.2, 0) is 0 Å². The molecular formula is C13H12N2O4S. The molecule has 0 bridgehead atoms. The summed E-state index contributed by atoms with van der Waals surface area (Å²) in [6.45, 7) is 1.60. The van der Waals surface area contributed by atoms with E-state index in [2.05, 4.69) is 5.32 Å². The fourth-order valence-corrected chi connectivity index (χ4v) is 2.42. The first-order valence-corrected chi connectivity index (χ1v) is 6.63. The van der Waals surface area contributed by atoms with Crippen molar-refractivity contribution >= 4 is 27.9 Å². The molecule has 104 valence electrons. The lowest BCUT2D eigenvalue weighted by Gasteiger charge is -2.12. The number of carbonyl (C=O) groups is 1. The highest BCUT2D eigenvalue weighted by atomic mass is 32.1. The van der Waals surface area contributed by atoms with E-state index in [1.165, 1.54) is 12.1 Å². The molecule has 1 atom stereocenters. The molecule has 6 nitrogen and oxygen atoms in total. The van der Waals surface area contributed by atoms with Gasteiger partial charge in [-0.15, -0.1) is 0 Å². The summed E-state index contributed by atoms with van der Waals surface area (Å²) < 4.78 is 0. The van der Waals surface area contributed by atoms with Crippen LogP contribution < -0.4 is 5.32 Å². The van der Waals surface area contributed by atoms with Gasteiger partial charge in [0.2, 0.25) is 0 Å². The van der Waals surface area contributed by atoms with Crippen molar-refractivity contribution in [3.8, 4) is 0 Å². The van der Waals surface area contributed by atoms with E-state index in [0.717, 1.165) is 11.3 Å². The van der Waals surface area contributed by atoms with Crippen LogP contribution in [0.5, 0.6) is 0 Å². The SMILES string of the molecule is CC(O)c1ccccc1NC(=O)c1ccc([N+](=O)[O-])s1. The number of amides is 1. The Hall–Kier alpha value is -2.25. The predicted octanol–water partition coefficient (Wildman–Crippen LogP) is 2.96. The Labute approximate surface area is 118 Å². The lowest BCUT2D eigenvalue weighted by Crippen LogP contribution is -2.12. The van der Waals surface area contributed by atoms with Crippen molar-refractivity contribution in [2.24, 2.45) is 0 Å². The molecule has 0 spiro atoms. The standard InChI is InChI=1S/C13H12N2O4S/c1-8(16)9-4-2-3-5-10(9)14-13(17)11-6-7-12(20-11)15(18)19/h2-8,16H,1H3,(H,14,17). The van der Waals surface area contributed by atoms with Crippen molar-refractivity contribution in [3.63, 3.8) is 0 Å². The van der Waals surface area contributed by atoms with Crippen LogP contribution in [0.1, 0.15) is 28.3 Å². The smallest absolute Gasteiger partial charge is 0.324 e. The topological polar surface area (TPSA) is 92.5 Å². The molecule has 1 aromatic heterocycles. The minimum Gasteiger partial charge on any atom is -0.389 e. The van der Waals surface area contributed by atoms with Gasteiger partial charge in [-0.3, -0.25) is 14.9 Å². The minimum absolute atomic E-state index is 0.0843. The first-order valence-electron chi connectivity index (χ1n) is 5.81. The van der Waals surface area contributed by atoms with Crippen LogP contribution in [-0.4, -0.2) is 15.9 Å². The van der Waals surface area contributed by atoms with Gasteiger partial charge in [0.25, 0.3) is 5.91 Å². The molecule has 2 aromatic rings. The zero-order valence-electron chi connectivity index (χ0n) is 10.6. The van der Waals surface area contributed by atoms with Gasteiger partial charge >= 0.3 is 5.00 Å². The molecule has 0 aliphatic heterocycles. The summed E-state index contributed by atoms with van der Waals surface area (Å²) in [5.41, 5.74) is 1.08. The summed E-state index contributed by atoms with van der Waals surface area (Å²) in [7, 11) is 0. The maximum Gasteiger partial charge on any atom is 0.324 e. The molecule has 2 N–H and O–H groups in total. The maximum absolute atomic E-state index is 12.0. The zero-order valence-corrected chi connectivity index (χ0v) is 11.4. The van der Waals surface area contributed by atoms with Gasteiger partial charge in [0.1, 0.15) is 0 Å². The van der Waals surface area contributed by atoms with E-state index >= 15 is 0 Å². The molecular weight excluding hydrogens is 280 g/mol. The van der Waals surface area contributed by atoms with E-state index in [1.807, 2.05) is 0 Å². The van der Waals surface area contributed by atoms with Crippen molar-refractivity contribution in [3.05, 3.63) is 57.0 Å². The van der Waals surface area contributed by atoms with E-state index in [0.29, 0.717) is 11.3 Å². The van der Waals surface area contributed by atoms with Gasteiger partial charge < -0.3 is 10.4 Å². The molecule has 1 amide bonds. The molecule has 0 aliphatic carbocycles. The Kier molecular flexibility index (Phi) is 4.11.